The molecule has 0 aromatic rings. The molecule has 0 rings (SSSR count). The summed E-state index contributed by atoms with van der Waals surface area (Å²) in [7, 11) is 15.7. The van der Waals surface area contributed by atoms with Crippen molar-refractivity contribution < 1.29 is 14.4 Å². The standard InChI is InChI=1S/C23H41B3N5O3S4/c1-35-13-5-20(4-7-27-24)21(32)6-14-38-17-10-30(22(33)18-28-25)8-3-12-37-16-11-31(9-15-36-2)23(34)19-29-26/h20H,3-19H2,1-2H3. The molecule has 0 fully saturated rings. The molecule has 0 bridgehead atoms. The quantitative estimate of drug-likeness (QED) is 0.106. The van der Waals surface area contributed by atoms with Crippen LogP contribution in [-0.4, -0.2) is 143 Å². The number of ketones is 1. The minimum absolute atomic E-state index is 0.0115. The van der Waals surface area contributed by atoms with E-state index in [1.165, 1.54) is 0 Å². The third-order valence-electron chi connectivity index (χ3n) is 5.68. The fraction of sp³-hybridized carbons (Fsp3) is 0.870. The Morgan fingerprint density at radius 2 is 1.24 bits per heavy atom. The molecule has 0 aliphatic rings. The number of Topliss-reactive ketones (excluding diaryl/α,β-unsaturated/α-hetero) is 1. The van der Waals surface area contributed by atoms with Crippen LogP contribution >= 0.6 is 47.0 Å². The zero-order chi connectivity index (χ0) is 28.4. The molecule has 1 atom stereocenters. The van der Waals surface area contributed by atoms with Crippen LogP contribution in [0.2, 0.25) is 0 Å². The summed E-state index contributed by atoms with van der Waals surface area (Å²) < 4.78 is 0. The SMILES string of the molecule is [B]=NCCC(CCSC)C(=O)CCSCCN(CCCSCCN(CCSC)C(=O)CN=[B])C(=O)CN=[B]. The van der Waals surface area contributed by atoms with Crippen LogP contribution in [0, 0.1) is 5.92 Å². The number of nitrogens with zero attached hydrogens (tertiary/aromatic N) is 5. The molecule has 0 saturated carbocycles. The number of carbonyl (C=O) groups excluding carboxylic acids is 3. The van der Waals surface area contributed by atoms with Crippen molar-refractivity contribution in [3.8, 4) is 0 Å². The molecule has 1 unspecified atom stereocenters. The minimum atomic E-state index is -0.0868. The molecule has 2 amide bonds. The number of hydrogen-bond donors (Lipinski definition) is 0. The Kier molecular flexibility index (Phi) is 26.5. The second-order valence-electron chi connectivity index (χ2n) is 8.40. The van der Waals surface area contributed by atoms with Gasteiger partial charge in [-0.2, -0.15) is 0 Å². The molecule has 0 saturated heterocycles. The molecule has 0 aliphatic heterocycles. The van der Waals surface area contributed by atoms with Crippen molar-refractivity contribution in [2.45, 2.75) is 25.7 Å². The second kappa shape index (κ2) is 26.8. The maximum atomic E-state index is 12.6. The van der Waals surface area contributed by atoms with Crippen LogP contribution in [0.1, 0.15) is 25.7 Å². The summed E-state index contributed by atoms with van der Waals surface area (Å²) in [5.41, 5.74) is 0. The predicted molar refractivity (Wildman–Crippen MR) is 171 cm³/mol. The van der Waals surface area contributed by atoms with E-state index in [4.69, 9.17) is 22.9 Å². The van der Waals surface area contributed by atoms with Gasteiger partial charge in [-0.25, -0.2) is 0 Å². The van der Waals surface area contributed by atoms with Crippen molar-refractivity contribution >= 4 is 87.6 Å². The fourth-order valence-corrected chi connectivity index (χ4v) is 6.23. The van der Waals surface area contributed by atoms with E-state index in [2.05, 4.69) is 14.7 Å². The Hall–Kier alpha value is -0.395. The first-order chi connectivity index (χ1) is 18.4. The van der Waals surface area contributed by atoms with Gasteiger partial charge in [0, 0.05) is 0 Å². The van der Waals surface area contributed by atoms with Crippen LogP contribution in [0.4, 0.5) is 0 Å². The maximum absolute atomic E-state index is 12.6. The van der Waals surface area contributed by atoms with Gasteiger partial charge >= 0.3 is 251 Å². The van der Waals surface area contributed by atoms with Gasteiger partial charge < -0.3 is 0 Å². The Morgan fingerprint density at radius 1 is 0.684 bits per heavy atom. The van der Waals surface area contributed by atoms with E-state index < -0.39 is 0 Å². The third kappa shape index (κ3) is 19.6. The number of hydrogen-bond acceptors (Lipinski definition) is 10. The van der Waals surface area contributed by atoms with Gasteiger partial charge in [0.2, 0.25) is 0 Å². The first kappa shape index (κ1) is 37.6. The van der Waals surface area contributed by atoms with Gasteiger partial charge in [0.25, 0.3) is 0 Å². The molecule has 3 radical (unpaired) electrons. The Bertz CT molecular complexity index is 713. The predicted octanol–water partition coefficient (Wildman–Crippen LogP) is 2.64. The van der Waals surface area contributed by atoms with Crippen LogP contribution in [-0.2, 0) is 14.4 Å². The van der Waals surface area contributed by atoms with E-state index in [0.29, 0.717) is 45.6 Å². The fourth-order valence-electron chi connectivity index (χ4n) is 3.52. The third-order valence-corrected chi connectivity index (χ3v) is 8.92. The molecule has 0 aromatic heterocycles. The average molecular weight is 596 g/mol. The molecule has 38 heavy (non-hydrogen) atoms. The molecule has 0 aromatic carbocycles. The number of carbonyl (C=O) groups is 3. The van der Waals surface area contributed by atoms with Crippen LogP contribution in [0.5, 0.6) is 0 Å². The molecule has 0 heterocycles. The van der Waals surface area contributed by atoms with Crippen molar-refractivity contribution in [1.82, 2.24) is 9.80 Å². The average Bonchev–Trinajstić information content (AvgIpc) is 2.90. The Balaban J connectivity index is 4.40. The van der Waals surface area contributed by atoms with Crippen molar-refractivity contribution in [1.29, 1.82) is 0 Å². The van der Waals surface area contributed by atoms with Gasteiger partial charge in [0.15, 0.2) is 0 Å². The molecular weight excluding hydrogens is 555 g/mol. The van der Waals surface area contributed by atoms with Crippen molar-refractivity contribution in [2.24, 2.45) is 20.6 Å². The molecular formula is C23H41B3N5O3S4. The molecule has 0 spiro atoms. The summed E-state index contributed by atoms with van der Waals surface area (Å²) in [6.07, 6.45) is 6.98. The molecule has 8 nitrogen and oxygen atoms in total. The summed E-state index contributed by atoms with van der Waals surface area (Å²) >= 11 is 6.88. The zero-order valence-electron chi connectivity index (χ0n) is 22.9. The van der Waals surface area contributed by atoms with Crippen LogP contribution in [0.25, 0.3) is 0 Å². The normalized spacial score (nSPS) is 11.4. The summed E-state index contributed by atoms with van der Waals surface area (Å²) in [4.78, 5) is 51.4. The van der Waals surface area contributed by atoms with E-state index in [1.54, 1.807) is 56.8 Å². The Labute approximate surface area is 249 Å². The molecule has 0 aliphatic carbocycles. The summed E-state index contributed by atoms with van der Waals surface area (Å²) in [5.74, 6) is 5.16. The van der Waals surface area contributed by atoms with Gasteiger partial charge in [-0.15, -0.1) is 0 Å². The molecule has 0 N–H and O–H groups in total. The van der Waals surface area contributed by atoms with Crippen molar-refractivity contribution in [3.05, 3.63) is 0 Å². The van der Waals surface area contributed by atoms with E-state index >= 15 is 0 Å². The van der Waals surface area contributed by atoms with Gasteiger partial charge in [-0.3, -0.25) is 0 Å². The first-order valence-electron chi connectivity index (χ1n) is 12.8. The van der Waals surface area contributed by atoms with Crippen molar-refractivity contribution in [2.75, 3.05) is 92.8 Å². The number of rotatable bonds is 27. The van der Waals surface area contributed by atoms with Gasteiger partial charge in [0.05, 0.1) is 0 Å². The zero-order valence-corrected chi connectivity index (χ0v) is 26.2. The molecule has 209 valence electrons. The van der Waals surface area contributed by atoms with E-state index in [0.717, 1.165) is 47.4 Å². The van der Waals surface area contributed by atoms with Crippen molar-refractivity contribution in [3.63, 3.8) is 0 Å². The summed E-state index contributed by atoms with van der Waals surface area (Å²) in [6.45, 7) is 3.06. The van der Waals surface area contributed by atoms with E-state index in [-0.39, 0.29) is 36.6 Å². The summed E-state index contributed by atoms with van der Waals surface area (Å²) in [6, 6.07) is 0. The van der Waals surface area contributed by atoms with Gasteiger partial charge in [-0.05, 0) is 0 Å². The summed E-state index contributed by atoms with van der Waals surface area (Å²) in [5, 5.41) is 0. The topological polar surface area (TPSA) is 94.8 Å². The monoisotopic (exact) mass is 596 g/mol. The van der Waals surface area contributed by atoms with Gasteiger partial charge in [0.1, 0.15) is 0 Å². The van der Waals surface area contributed by atoms with Crippen LogP contribution in [0.3, 0.4) is 0 Å². The number of thioether (sulfide) groups is 4. The number of amides is 2. The Morgan fingerprint density at radius 3 is 1.79 bits per heavy atom. The van der Waals surface area contributed by atoms with Crippen LogP contribution < -0.4 is 0 Å². The van der Waals surface area contributed by atoms with Gasteiger partial charge in [-0.1, -0.05) is 0 Å². The molecule has 15 heteroatoms. The van der Waals surface area contributed by atoms with Crippen LogP contribution in [0.15, 0.2) is 14.7 Å². The second-order valence-corrected chi connectivity index (χ2v) is 12.8. The van der Waals surface area contributed by atoms with E-state index in [1.807, 2.05) is 12.5 Å². The van der Waals surface area contributed by atoms with E-state index in [9.17, 15) is 14.4 Å². The first-order valence-corrected chi connectivity index (χ1v) is 17.9.